The fourth-order valence-corrected chi connectivity index (χ4v) is 4.05. The minimum atomic E-state index is -4.46. The van der Waals surface area contributed by atoms with Crippen LogP contribution in [0.15, 0.2) is 29.2 Å². The maximum atomic E-state index is 10.6. The van der Waals surface area contributed by atoms with Crippen molar-refractivity contribution < 1.29 is 17.9 Å². The second kappa shape index (κ2) is 19.9. The van der Waals surface area contributed by atoms with Crippen LogP contribution in [-0.2, 0) is 4.74 Å². The number of rotatable bonds is 8. The molecule has 35 heavy (non-hydrogen) atoms. The molecule has 0 amide bonds. The summed E-state index contributed by atoms with van der Waals surface area (Å²) in [5.41, 5.74) is 1.13. The molecule has 202 valence electrons. The predicted molar refractivity (Wildman–Crippen MR) is 144 cm³/mol. The Morgan fingerprint density at radius 2 is 1.83 bits per heavy atom. The molecule has 0 unspecified atom stereocenters. The van der Waals surface area contributed by atoms with E-state index in [1.165, 1.54) is 56.5 Å². The highest BCUT2D eigenvalue weighted by Gasteiger charge is 2.25. The lowest BCUT2D eigenvalue weighted by Crippen LogP contribution is -2.28. The van der Waals surface area contributed by atoms with Crippen molar-refractivity contribution in [3.05, 3.63) is 29.8 Å². The number of benzene rings is 1. The Bertz CT molecular complexity index is 698. The molecule has 1 aromatic rings. The molecule has 0 saturated carbocycles. The van der Waals surface area contributed by atoms with E-state index in [-0.39, 0.29) is 0 Å². The zero-order valence-electron chi connectivity index (χ0n) is 22.9. The van der Waals surface area contributed by atoms with Gasteiger partial charge in [0.15, 0.2) is 0 Å². The number of nitrogens with zero attached hydrogens (tertiary/aromatic N) is 2. The van der Waals surface area contributed by atoms with Gasteiger partial charge in [-0.25, -0.2) is 4.31 Å². The number of alkyl halides is 3. The van der Waals surface area contributed by atoms with Gasteiger partial charge in [0.25, 0.3) is 0 Å². The minimum absolute atomic E-state index is 0.583. The van der Waals surface area contributed by atoms with Gasteiger partial charge in [0, 0.05) is 30.5 Å². The Morgan fingerprint density at radius 1 is 1.20 bits per heavy atom. The Kier molecular flexibility index (Phi) is 19.2. The van der Waals surface area contributed by atoms with Crippen LogP contribution < -0.4 is 0 Å². The van der Waals surface area contributed by atoms with Crippen molar-refractivity contribution in [1.82, 2.24) is 9.21 Å². The molecule has 7 heteroatoms. The van der Waals surface area contributed by atoms with Gasteiger partial charge >= 0.3 is 6.36 Å². The van der Waals surface area contributed by atoms with Crippen LogP contribution in [0.2, 0.25) is 0 Å². The normalized spacial score (nSPS) is 14.5. The van der Waals surface area contributed by atoms with Crippen LogP contribution >= 0.6 is 11.9 Å². The van der Waals surface area contributed by atoms with Crippen molar-refractivity contribution in [3.8, 4) is 11.8 Å². The van der Waals surface area contributed by atoms with Crippen molar-refractivity contribution in [1.29, 1.82) is 0 Å². The first kappa shape index (κ1) is 33.8. The summed E-state index contributed by atoms with van der Waals surface area (Å²) in [7, 11) is 4.95. The van der Waals surface area contributed by atoms with Crippen molar-refractivity contribution >= 4 is 11.9 Å². The maximum Gasteiger partial charge on any atom is 0.522 e. The first-order chi connectivity index (χ1) is 16.5. The number of unbranched alkanes of at least 4 members (excludes halogenated alkanes) is 2. The van der Waals surface area contributed by atoms with Crippen LogP contribution in [0.4, 0.5) is 13.2 Å². The molecule has 0 radical (unpaired) electrons. The lowest BCUT2D eigenvalue weighted by atomic mass is 10.00. The van der Waals surface area contributed by atoms with Gasteiger partial charge in [-0.15, -0.1) is 13.2 Å². The largest absolute Gasteiger partial charge is 0.522 e. The molecule has 0 aliphatic carbocycles. The van der Waals surface area contributed by atoms with Crippen LogP contribution in [0, 0.1) is 23.7 Å². The van der Waals surface area contributed by atoms with Crippen LogP contribution in [0.25, 0.3) is 0 Å². The topological polar surface area (TPSA) is 15.7 Å². The average molecular weight is 517 g/mol. The molecule has 1 fully saturated rings. The Balaban J connectivity index is 0.000000669. The summed E-state index contributed by atoms with van der Waals surface area (Å²) < 4.78 is 37.0. The lowest BCUT2D eigenvalue weighted by molar-refractivity contribution is -0.311. The second-order valence-corrected chi connectivity index (χ2v) is 10.8. The summed E-state index contributed by atoms with van der Waals surface area (Å²) >= 11 is 1.82. The van der Waals surface area contributed by atoms with Crippen LogP contribution in [-0.4, -0.2) is 56.4 Å². The third kappa shape index (κ3) is 21.8. The van der Waals surface area contributed by atoms with E-state index in [2.05, 4.69) is 91.8 Å². The van der Waals surface area contributed by atoms with E-state index in [0.717, 1.165) is 30.4 Å². The van der Waals surface area contributed by atoms with E-state index in [4.69, 9.17) is 0 Å². The summed E-state index contributed by atoms with van der Waals surface area (Å²) in [6.07, 6.45) is 4.31. The molecular formula is C28H47F3N2OS. The van der Waals surface area contributed by atoms with E-state index >= 15 is 0 Å². The summed E-state index contributed by atoms with van der Waals surface area (Å²) in [4.78, 5) is 3.68. The number of halogens is 3. The van der Waals surface area contributed by atoms with Gasteiger partial charge in [-0.2, -0.15) is 0 Å². The number of likely N-dealkylation sites (tertiary alicyclic amines) is 1. The zero-order chi connectivity index (χ0) is 26.7. The fourth-order valence-electron chi connectivity index (χ4n) is 3.15. The molecule has 0 atom stereocenters. The SMILES string of the molecule is CC1CCN(C)CC1.CCCCC#Cc1cccc(SN(C)CCCC(C)C)c1.COC(F)(F)F. The second-order valence-electron chi connectivity index (χ2n) is 9.55. The van der Waals surface area contributed by atoms with Gasteiger partial charge < -0.3 is 4.90 Å². The van der Waals surface area contributed by atoms with Gasteiger partial charge in [-0.1, -0.05) is 52.0 Å². The van der Waals surface area contributed by atoms with E-state index in [1.807, 2.05) is 11.9 Å². The number of ether oxygens (including phenoxy) is 1. The Labute approximate surface area is 217 Å². The molecule has 3 nitrogen and oxygen atoms in total. The van der Waals surface area contributed by atoms with Crippen LogP contribution in [0.3, 0.4) is 0 Å². The molecule has 1 aliphatic rings. The van der Waals surface area contributed by atoms with Crippen molar-refractivity contribution in [2.24, 2.45) is 11.8 Å². The quantitative estimate of drug-likeness (QED) is 0.197. The lowest BCUT2D eigenvalue weighted by Gasteiger charge is -2.26. The Hall–Kier alpha value is -1.20. The van der Waals surface area contributed by atoms with E-state index < -0.39 is 6.36 Å². The van der Waals surface area contributed by atoms with E-state index in [9.17, 15) is 13.2 Å². The molecule has 2 rings (SSSR count). The first-order valence-corrected chi connectivity index (χ1v) is 13.5. The maximum absolute atomic E-state index is 10.6. The standard InChI is InChI=1S/C19H29NS.C7H15N.C2H3F3O/c1-5-6-7-8-12-18-13-9-14-19(16-18)21-20(4)15-10-11-17(2)3;1-7-3-5-8(2)6-4-7;1-6-2(3,4)5/h9,13-14,16-17H,5-7,10-11,15H2,1-4H3;7H,3-6H2,1-2H3;1H3. The first-order valence-electron chi connectivity index (χ1n) is 12.7. The third-order valence-corrected chi connectivity index (χ3v) is 6.44. The van der Waals surface area contributed by atoms with Crippen LogP contribution in [0.5, 0.6) is 0 Å². The molecule has 0 N–H and O–H groups in total. The molecule has 0 spiro atoms. The number of hydrogen-bond donors (Lipinski definition) is 0. The van der Waals surface area contributed by atoms with Gasteiger partial charge in [0.2, 0.25) is 0 Å². The molecule has 0 bridgehead atoms. The predicted octanol–water partition coefficient (Wildman–Crippen LogP) is 8.10. The van der Waals surface area contributed by atoms with Crippen LogP contribution in [0.1, 0.15) is 78.2 Å². The van der Waals surface area contributed by atoms with Crippen molar-refractivity contribution in [2.45, 2.75) is 83.9 Å². The molecule has 0 aromatic heterocycles. The molecule has 1 aliphatic heterocycles. The van der Waals surface area contributed by atoms with Gasteiger partial charge in [0.05, 0.1) is 0 Å². The van der Waals surface area contributed by atoms with Gasteiger partial charge in [-0.05, 0) is 101 Å². The summed E-state index contributed by atoms with van der Waals surface area (Å²) in [5.74, 6) is 8.30. The highest BCUT2D eigenvalue weighted by Crippen LogP contribution is 2.22. The Morgan fingerprint density at radius 3 is 2.34 bits per heavy atom. The summed E-state index contributed by atoms with van der Waals surface area (Å²) in [5, 5.41) is 0. The zero-order valence-corrected chi connectivity index (χ0v) is 23.7. The number of methoxy groups -OCH3 is 1. The third-order valence-electron chi connectivity index (χ3n) is 5.48. The molecule has 1 aromatic carbocycles. The van der Waals surface area contributed by atoms with Crippen molar-refractivity contribution in [3.63, 3.8) is 0 Å². The highest BCUT2D eigenvalue weighted by molar-refractivity contribution is 7.97. The number of piperidine rings is 1. The average Bonchev–Trinajstić information content (AvgIpc) is 2.79. The number of hydrogen-bond acceptors (Lipinski definition) is 4. The molecule has 1 heterocycles. The van der Waals surface area contributed by atoms with Gasteiger partial charge in [0.1, 0.15) is 0 Å². The molecular weight excluding hydrogens is 469 g/mol. The highest BCUT2D eigenvalue weighted by atomic mass is 32.2. The minimum Gasteiger partial charge on any atom is -0.306 e. The molecule has 1 saturated heterocycles. The smallest absolute Gasteiger partial charge is 0.306 e. The van der Waals surface area contributed by atoms with E-state index in [0.29, 0.717) is 7.11 Å². The van der Waals surface area contributed by atoms with Crippen molar-refractivity contribution in [2.75, 3.05) is 40.8 Å². The summed E-state index contributed by atoms with van der Waals surface area (Å²) in [6, 6.07) is 8.57. The summed E-state index contributed by atoms with van der Waals surface area (Å²) in [6.45, 7) is 12.9. The fraction of sp³-hybridized carbons (Fsp3) is 0.714. The van der Waals surface area contributed by atoms with E-state index in [1.54, 1.807) is 0 Å². The van der Waals surface area contributed by atoms with Gasteiger partial charge in [-0.3, -0.25) is 4.74 Å². The monoisotopic (exact) mass is 516 g/mol.